The van der Waals surface area contributed by atoms with E-state index in [-0.39, 0.29) is 0 Å². The minimum Gasteiger partial charge on any atom is -0.479 e. The van der Waals surface area contributed by atoms with Crippen LogP contribution in [-0.4, -0.2) is 32.5 Å². The Kier molecular flexibility index (Phi) is 2.00. The molecule has 1 saturated carbocycles. The Morgan fingerprint density at radius 1 is 1.41 bits per heavy atom. The third-order valence-corrected chi connectivity index (χ3v) is 3.51. The van der Waals surface area contributed by atoms with Crippen LogP contribution in [0.25, 0.3) is 10.9 Å². The molecular formula is C12H12N2O3. The summed E-state index contributed by atoms with van der Waals surface area (Å²) in [7, 11) is 0. The van der Waals surface area contributed by atoms with Gasteiger partial charge in [0.1, 0.15) is 0 Å². The summed E-state index contributed by atoms with van der Waals surface area (Å²) in [5.74, 6) is -1.18. The maximum atomic E-state index is 10.9. The second-order valence-corrected chi connectivity index (χ2v) is 4.51. The van der Waals surface area contributed by atoms with Crippen LogP contribution in [0.1, 0.15) is 18.5 Å². The number of rotatable bonds is 3. The van der Waals surface area contributed by atoms with Crippen molar-refractivity contribution in [3.8, 4) is 0 Å². The number of carboxylic acids is 1. The second-order valence-electron chi connectivity index (χ2n) is 4.51. The number of aromatic amines is 1. The summed E-state index contributed by atoms with van der Waals surface area (Å²) in [5, 5.41) is 26.7. The Morgan fingerprint density at radius 3 is 2.76 bits per heavy atom. The molecule has 1 heterocycles. The van der Waals surface area contributed by atoms with E-state index in [1.54, 1.807) is 0 Å². The number of hydrogen-bond acceptors (Lipinski definition) is 3. The van der Waals surface area contributed by atoms with Crippen molar-refractivity contribution in [1.29, 1.82) is 0 Å². The van der Waals surface area contributed by atoms with Crippen LogP contribution in [0.15, 0.2) is 24.3 Å². The van der Waals surface area contributed by atoms with Gasteiger partial charge in [-0.25, -0.2) is 4.79 Å². The van der Waals surface area contributed by atoms with E-state index < -0.39 is 17.5 Å². The van der Waals surface area contributed by atoms with Crippen LogP contribution in [-0.2, 0) is 10.2 Å². The molecule has 0 amide bonds. The molecule has 0 bridgehead atoms. The van der Waals surface area contributed by atoms with Gasteiger partial charge in [-0.2, -0.15) is 5.10 Å². The number of nitrogens with zero attached hydrogens (tertiary/aromatic N) is 1. The van der Waals surface area contributed by atoms with Crippen LogP contribution in [0.3, 0.4) is 0 Å². The first kappa shape index (κ1) is 10.3. The Bertz CT molecular complexity index is 586. The van der Waals surface area contributed by atoms with Crippen molar-refractivity contribution in [2.45, 2.75) is 24.4 Å². The molecule has 1 aromatic carbocycles. The molecular weight excluding hydrogens is 220 g/mol. The molecule has 2 aromatic rings. The van der Waals surface area contributed by atoms with Gasteiger partial charge >= 0.3 is 5.97 Å². The number of carbonyl (C=O) groups is 1. The van der Waals surface area contributed by atoms with Crippen molar-refractivity contribution >= 4 is 16.9 Å². The average Bonchev–Trinajstić information content (AvgIpc) is 3.02. The normalized spacial score (nSPS) is 19.1. The molecule has 0 saturated heterocycles. The number of H-pyrrole nitrogens is 1. The molecule has 0 radical (unpaired) electrons. The molecule has 1 fully saturated rings. The van der Waals surface area contributed by atoms with E-state index in [0.717, 1.165) is 16.6 Å². The lowest BCUT2D eigenvalue weighted by Crippen LogP contribution is -2.34. The highest BCUT2D eigenvalue weighted by atomic mass is 16.4. The van der Waals surface area contributed by atoms with Crippen molar-refractivity contribution in [2.75, 3.05) is 0 Å². The first-order valence-electron chi connectivity index (χ1n) is 5.49. The summed E-state index contributed by atoms with van der Waals surface area (Å²) in [4.78, 5) is 10.9. The number of fused-ring (bicyclic) bond motifs is 1. The van der Waals surface area contributed by atoms with E-state index in [1.807, 2.05) is 24.3 Å². The van der Waals surface area contributed by atoms with Gasteiger partial charge in [0.25, 0.3) is 0 Å². The van der Waals surface area contributed by atoms with Crippen molar-refractivity contribution < 1.29 is 15.0 Å². The number of carboxylic acid groups (broad SMARTS) is 1. The molecule has 0 aliphatic heterocycles. The standard InChI is InChI=1S/C12H12N2O3/c15-10(11(16)17)12(5-6-12)9-7-3-1-2-4-8(7)13-14-9/h1-4,10,15H,5-6H2,(H,13,14)(H,16,17). The topological polar surface area (TPSA) is 86.2 Å². The van der Waals surface area contributed by atoms with Crippen LogP contribution >= 0.6 is 0 Å². The van der Waals surface area contributed by atoms with Gasteiger partial charge in [0.15, 0.2) is 6.10 Å². The number of aromatic nitrogens is 2. The van der Waals surface area contributed by atoms with Crippen LogP contribution in [0.4, 0.5) is 0 Å². The van der Waals surface area contributed by atoms with E-state index in [9.17, 15) is 9.90 Å². The Balaban J connectivity index is 2.13. The second kappa shape index (κ2) is 3.30. The molecule has 5 heteroatoms. The van der Waals surface area contributed by atoms with E-state index in [0.29, 0.717) is 12.8 Å². The van der Waals surface area contributed by atoms with Gasteiger partial charge in [0.2, 0.25) is 0 Å². The molecule has 1 aromatic heterocycles. The summed E-state index contributed by atoms with van der Waals surface area (Å²) in [6.45, 7) is 0. The number of hydrogen-bond donors (Lipinski definition) is 3. The number of benzene rings is 1. The number of aliphatic carboxylic acids is 1. The molecule has 3 N–H and O–H groups in total. The van der Waals surface area contributed by atoms with Crippen LogP contribution in [0.2, 0.25) is 0 Å². The molecule has 3 rings (SSSR count). The van der Waals surface area contributed by atoms with Gasteiger partial charge in [-0.1, -0.05) is 18.2 Å². The van der Waals surface area contributed by atoms with Crippen molar-refractivity contribution in [3.05, 3.63) is 30.0 Å². The zero-order valence-corrected chi connectivity index (χ0v) is 9.05. The first-order valence-corrected chi connectivity index (χ1v) is 5.49. The summed E-state index contributed by atoms with van der Waals surface area (Å²) < 4.78 is 0. The fraction of sp³-hybridized carbons (Fsp3) is 0.333. The SMILES string of the molecule is O=C(O)C(O)C1(c2[nH]nc3ccccc23)CC1. The van der Waals surface area contributed by atoms with Gasteiger partial charge in [-0.05, 0) is 18.9 Å². The Hall–Kier alpha value is -1.88. The first-order chi connectivity index (χ1) is 8.15. The van der Waals surface area contributed by atoms with E-state index in [4.69, 9.17) is 5.11 Å². The smallest absolute Gasteiger partial charge is 0.333 e. The minimum absolute atomic E-state index is 0.673. The predicted molar refractivity (Wildman–Crippen MR) is 60.6 cm³/mol. The molecule has 5 nitrogen and oxygen atoms in total. The molecule has 1 aliphatic rings. The summed E-state index contributed by atoms with van der Waals surface area (Å²) in [6.07, 6.45) is -0.0226. The number of aliphatic hydroxyl groups is 1. The molecule has 1 atom stereocenters. The van der Waals surface area contributed by atoms with Crippen molar-refractivity contribution in [2.24, 2.45) is 0 Å². The van der Waals surface area contributed by atoms with Gasteiger partial charge < -0.3 is 10.2 Å². The van der Waals surface area contributed by atoms with Crippen LogP contribution < -0.4 is 0 Å². The van der Waals surface area contributed by atoms with Crippen molar-refractivity contribution in [1.82, 2.24) is 10.2 Å². The Morgan fingerprint density at radius 2 is 2.12 bits per heavy atom. The minimum atomic E-state index is -1.37. The fourth-order valence-corrected chi connectivity index (χ4v) is 2.37. The summed E-state index contributed by atoms with van der Waals surface area (Å²) in [5.41, 5.74) is 0.858. The van der Waals surface area contributed by atoms with Crippen LogP contribution in [0.5, 0.6) is 0 Å². The highest BCUT2D eigenvalue weighted by Gasteiger charge is 2.55. The molecule has 17 heavy (non-hydrogen) atoms. The predicted octanol–water partition coefficient (Wildman–Crippen LogP) is 1.04. The third-order valence-electron chi connectivity index (χ3n) is 3.51. The fourth-order valence-electron chi connectivity index (χ4n) is 2.37. The maximum absolute atomic E-state index is 10.9. The number of aliphatic hydroxyl groups excluding tert-OH is 1. The maximum Gasteiger partial charge on any atom is 0.333 e. The average molecular weight is 232 g/mol. The highest BCUT2D eigenvalue weighted by molar-refractivity contribution is 5.85. The molecule has 88 valence electrons. The zero-order chi connectivity index (χ0) is 12.0. The van der Waals surface area contributed by atoms with Gasteiger partial charge in [-0.3, -0.25) is 5.10 Å². The molecule has 0 spiro atoms. The van der Waals surface area contributed by atoms with Gasteiger partial charge in [0.05, 0.1) is 11.2 Å². The monoisotopic (exact) mass is 232 g/mol. The van der Waals surface area contributed by atoms with E-state index in [1.165, 1.54) is 0 Å². The largest absolute Gasteiger partial charge is 0.479 e. The summed E-state index contributed by atoms with van der Waals surface area (Å²) >= 11 is 0. The van der Waals surface area contributed by atoms with E-state index in [2.05, 4.69) is 10.2 Å². The summed E-state index contributed by atoms with van der Waals surface area (Å²) in [6, 6.07) is 7.51. The van der Waals surface area contributed by atoms with Gasteiger partial charge in [0, 0.05) is 10.8 Å². The lowest BCUT2D eigenvalue weighted by atomic mass is 9.92. The number of para-hydroxylation sites is 1. The van der Waals surface area contributed by atoms with E-state index >= 15 is 0 Å². The van der Waals surface area contributed by atoms with Gasteiger partial charge in [-0.15, -0.1) is 0 Å². The quantitative estimate of drug-likeness (QED) is 0.738. The Labute approximate surface area is 97.1 Å². The highest BCUT2D eigenvalue weighted by Crippen LogP contribution is 2.52. The lowest BCUT2D eigenvalue weighted by molar-refractivity contribution is -0.148. The molecule has 1 unspecified atom stereocenters. The molecule has 1 aliphatic carbocycles. The zero-order valence-electron chi connectivity index (χ0n) is 9.05. The number of nitrogens with one attached hydrogen (secondary N) is 1. The lowest BCUT2D eigenvalue weighted by Gasteiger charge is -2.17. The van der Waals surface area contributed by atoms with Crippen molar-refractivity contribution in [3.63, 3.8) is 0 Å². The van der Waals surface area contributed by atoms with Crippen LogP contribution in [0, 0.1) is 0 Å². The third kappa shape index (κ3) is 1.36.